The Kier molecular flexibility index (Phi) is 8.89. The van der Waals surface area contributed by atoms with E-state index < -0.39 is 0 Å². The van der Waals surface area contributed by atoms with Crippen LogP contribution >= 0.6 is 0 Å². The molecule has 3 nitrogen and oxygen atoms in total. The first-order valence-electron chi connectivity index (χ1n) is 7.97. The second kappa shape index (κ2) is 10.2. The molecule has 1 aliphatic carbocycles. The molecule has 0 atom stereocenters. The third-order valence-electron chi connectivity index (χ3n) is 4.06. The highest BCUT2D eigenvalue weighted by Gasteiger charge is 2.26. The summed E-state index contributed by atoms with van der Waals surface area (Å²) in [5.41, 5.74) is 0. The van der Waals surface area contributed by atoms with E-state index in [1.165, 1.54) is 45.6 Å². The van der Waals surface area contributed by atoms with Crippen LogP contribution in [0.1, 0.15) is 71.1 Å². The predicted molar refractivity (Wildman–Crippen MR) is 77.1 cm³/mol. The van der Waals surface area contributed by atoms with Crippen LogP contribution in [0.4, 0.5) is 0 Å². The van der Waals surface area contributed by atoms with Crippen molar-refractivity contribution in [2.24, 2.45) is 5.92 Å². The smallest absolute Gasteiger partial charge is 0.308 e. The minimum Gasteiger partial charge on any atom is -0.469 e. The van der Waals surface area contributed by atoms with E-state index >= 15 is 0 Å². The zero-order valence-corrected chi connectivity index (χ0v) is 12.7. The maximum Gasteiger partial charge on any atom is 0.308 e. The molecular weight excluding hydrogens is 240 g/mol. The molecule has 3 heteroatoms. The average molecular weight is 270 g/mol. The lowest BCUT2D eigenvalue weighted by Crippen LogP contribution is -2.27. The zero-order valence-electron chi connectivity index (χ0n) is 12.7. The number of methoxy groups -OCH3 is 1. The topological polar surface area (TPSA) is 35.5 Å². The predicted octanol–water partition coefficient (Wildman–Crippen LogP) is 4.10. The Balaban J connectivity index is 1.96. The fourth-order valence-electron chi connectivity index (χ4n) is 2.76. The van der Waals surface area contributed by atoms with Crippen LogP contribution in [0.15, 0.2) is 0 Å². The minimum absolute atomic E-state index is 0.0469. The van der Waals surface area contributed by atoms with Crippen LogP contribution in [-0.4, -0.2) is 25.8 Å². The Bertz CT molecular complexity index is 232. The molecule has 0 aromatic carbocycles. The maximum atomic E-state index is 11.4. The van der Waals surface area contributed by atoms with Gasteiger partial charge >= 0.3 is 5.97 Å². The van der Waals surface area contributed by atoms with Gasteiger partial charge in [0, 0.05) is 6.61 Å². The molecular formula is C16H30O3. The molecule has 1 rings (SSSR count). The van der Waals surface area contributed by atoms with Gasteiger partial charge in [-0.2, -0.15) is 0 Å². The van der Waals surface area contributed by atoms with Crippen LogP contribution < -0.4 is 0 Å². The van der Waals surface area contributed by atoms with Crippen LogP contribution in [0.2, 0.25) is 0 Å². The van der Waals surface area contributed by atoms with Crippen LogP contribution in [0.25, 0.3) is 0 Å². The molecule has 0 spiro atoms. The van der Waals surface area contributed by atoms with Crippen LogP contribution in [-0.2, 0) is 14.3 Å². The summed E-state index contributed by atoms with van der Waals surface area (Å²) in [6.07, 6.45) is 12.1. The molecule has 0 radical (unpaired) electrons. The fourth-order valence-corrected chi connectivity index (χ4v) is 2.76. The van der Waals surface area contributed by atoms with E-state index in [0.717, 1.165) is 32.3 Å². The second-order valence-electron chi connectivity index (χ2n) is 5.64. The molecule has 19 heavy (non-hydrogen) atoms. The number of carbonyl (C=O) groups is 1. The van der Waals surface area contributed by atoms with E-state index in [9.17, 15) is 4.79 Å². The maximum absolute atomic E-state index is 11.4. The largest absolute Gasteiger partial charge is 0.469 e. The van der Waals surface area contributed by atoms with Gasteiger partial charge in [0.1, 0.15) is 0 Å². The fraction of sp³-hybridized carbons (Fsp3) is 0.938. The quantitative estimate of drug-likeness (QED) is 0.467. The van der Waals surface area contributed by atoms with Crippen molar-refractivity contribution in [2.45, 2.75) is 77.2 Å². The molecule has 0 N–H and O–H groups in total. The third kappa shape index (κ3) is 6.95. The van der Waals surface area contributed by atoms with Gasteiger partial charge in [-0.1, -0.05) is 39.0 Å². The van der Waals surface area contributed by atoms with E-state index in [1.54, 1.807) is 0 Å². The summed E-state index contributed by atoms with van der Waals surface area (Å²) in [6.45, 7) is 3.13. The Hall–Kier alpha value is -0.570. The van der Waals surface area contributed by atoms with Gasteiger partial charge in [0.25, 0.3) is 0 Å². The number of unbranched alkanes of at least 4 members (excludes halogenated alkanes) is 5. The molecule has 0 amide bonds. The zero-order chi connectivity index (χ0) is 13.9. The van der Waals surface area contributed by atoms with Gasteiger partial charge in [-0.25, -0.2) is 0 Å². The first kappa shape index (κ1) is 16.5. The third-order valence-corrected chi connectivity index (χ3v) is 4.06. The monoisotopic (exact) mass is 270 g/mol. The van der Waals surface area contributed by atoms with Crippen molar-refractivity contribution in [3.8, 4) is 0 Å². The van der Waals surface area contributed by atoms with Crippen molar-refractivity contribution in [1.82, 2.24) is 0 Å². The summed E-state index contributed by atoms with van der Waals surface area (Å²) in [5, 5.41) is 0. The second-order valence-corrected chi connectivity index (χ2v) is 5.64. The highest BCUT2D eigenvalue weighted by atomic mass is 16.5. The van der Waals surface area contributed by atoms with E-state index in [-0.39, 0.29) is 11.9 Å². The molecule has 0 unspecified atom stereocenters. The summed E-state index contributed by atoms with van der Waals surface area (Å²) in [4.78, 5) is 11.4. The van der Waals surface area contributed by atoms with E-state index in [2.05, 4.69) is 6.92 Å². The van der Waals surface area contributed by atoms with Crippen molar-refractivity contribution >= 4 is 5.97 Å². The summed E-state index contributed by atoms with van der Waals surface area (Å²) >= 11 is 0. The van der Waals surface area contributed by atoms with Crippen LogP contribution in [0, 0.1) is 5.92 Å². The molecule has 1 saturated carbocycles. The summed E-state index contributed by atoms with van der Waals surface area (Å²) in [5.74, 6) is 0.0632. The molecule has 0 aliphatic heterocycles. The molecule has 0 saturated heterocycles. The molecule has 112 valence electrons. The van der Waals surface area contributed by atoms with Gasteiger partial charge in [0.05, 0.1) is 19.1 Å². The van der Waals surface area contributed by atoms with Gasteiger partial charge in [0.2, 0.25) is 0 Å². The van der Waals surface area contributed by atoms with Gasteiger partial charge < -0.3 is 9.47 Å². The van der Waals surface area contributed by atoms with E-state index in [4.69, 9.17) is 9.47 Å². The first-order chi connectivity index (χ1) is 9.27. The van der Waals surface area contributed by atoms with Crippen molar-refractivity contribution in [3.63, 3.8) is 0 Å². The molecule has 0 bridgehead atoms. The normalized spacial score (nSPS) is 23.3. The van der Waals surface area contributed by atoms with Gasteiger partial charge in [0.15, 0.2) is 0 Å². The highest BCUT2D eigenvalue weighted by molar-refractivity contribution is 5.72. The van der Waals surface area contributed by atoms with Crippen molar-refractivity contribution in [1.29, 1.82) is 0 Å². The molecule has 0 heterocycles. The number of hydrogen-bond acceptors (Lipinski definition) is 3. The van der Waals surface area contributed by atoms with E-state index in [0.29, 0.717) is 6.10 Å². The average Bonchev–Trinajstić information content (AvgIpc) is 2.46. The molecule has 0 aromatic heterocycles. The van der Waals surface area contributed by atoms with E-state index in [1.807, 2.05) is 0 Å². The lowest BCUT2D eigenvalue weighted by atomic mass is 9.87. The highest BCUT2D eigenvalue weighted by Crippen LogP contribution is 2.27. The summed E-state index contributed by atoms with van der Waals surface area (Å²) in [6, 6.07) is 0. The Labute approximate surface area is 118 Å². The van der Waals surface area contributed by atoms with Gasteiger partial charge in [-0.3, -0.25) is 4.79 Å². The number of esters is 1. The Morgan fingerprint density at radius 3 is 2.26 bits per heavy atom. The van der Waals surface area contributed by atoms with Crippen LogP contribution in [0.5, 0.6) is 0 Å². The number of rotatable bonds is 9. The molecule has 1 aliphatic rings. The van der Waals surface area contributed by atoms with Crippen molar-refractivity contribution < 1.29 is 14.3 Å². The number of carbonyl (C=O) groups excluding carboxylic acids is 1. The molecule has 0 aromatic rings. The first-order valence-corrected chi connectivity index (χ1v) is 7.97. The minimum atomic E-state index is -0.0469. The van der Waals surface area contributed by atoms with Crippen molar-refractivity contribution in [2.75, 3.05) is 13.7 Å². The number of hydrogen-bond donors (Lipinski definition) is 0. The number of ether oxygens (including phenoxy) is 2. The van der Waals surface area contributed by atoms with Gasteiger partial charge in [-0.15, -0.1) is 0 Å². The van der Waals surface area contributed by atoms with Crippen LogP contribution in [0.3, 0.4) is 0 Å². The lowest BCUT2D eigenvalue weighted by Gasteiger charge is -2.26. The Morgan fingerprint density at radius 2 is 1.63 bits per heavy atom. The Morgan fingerprint density at radius 1 is 1.00 bits per heavy atom. The lowest BCUT2D eigenvalue weighted by molar-refractivity contribution is -0.147. The van der Waals surface area contributed by atoms with Gasteiger partial charge in [-0.05, 0) is 32.1 Å². The molecule has 1 fully saturated rings. The standard InChI is InChI=1S/C16H30O3/c1-3-4-5-6-7-8-13-19-15-11-9-14(10-12-15)16(17)18-2/h14-15H,3-13H2,1-2H3. The SMILES string of the molecule is CCCCCCCCOC1CCC(C(=O)OC)CC1. The summed E-state index contributed by atoms with van der Waals surface area (Å²) in [7, 11) is 1.48. The van der Waals surface area contributed by atoms with Crippen molar-refractivity contribution in [3.05, 3.63) is 0 Å². The summed E-state index contributed by atoms with van der Waals surface area (Å²) < 4.78 is 10.7.